The first-order chi connectivity index (χ1) is 7.71. The first-order valence-corrected chi connectivity index (χ1v) is 7.69. The van der Waals surface area contributed by atoms with Crippen LogP contribution in [-0.2, 0) is 10.0 Å². The van der Waals surface area contributed by atoms with Gasteiger partial charge in [-0.15, -0.1) is 0 Å². The summed E-state index contributed by atoms with van der Waals surface area (Å²) in [7, 11) is -3.59. The highest BCUT2D eigenvalue weighted by Gasteiger charge is 2.14. The van der Waals surface area contributed by atoms with Gasteiger partial charge in [-0.25, -0.2) is 8.42 Å². The smallest absolute Gasteiger partial charge is 0.239 e. The van der Waals surface area contributed by atoms with Crippen molar-refractivity contribution in [1.29, 1.82) is 0 Å². The molecule has 0 atom stereocenters. The van der Waals surface area contributed by atoms with E-state index in [0.717, 1.165) is 5.56 Å². The van der Waals surface area contributed by atoms with Gasteiger partial charge in [-0.1, -0.05) is 23.8 Å². The lowest BCUT2D eigenvalue weighted by Crippen LogP contribution is -2.26. The van der Waals surface area contributed by atoms with E-state index in [1.54, 1.807) is 6.07 Å². The van der Waals surface area contributed by atoms with Crippen molar-refractivity contribution in [1.82, 2.24) is 0 Å². The van der Waals surface area contributed by atoms with Crippen molar-refractivity contribution >= 4 is 60.4 Å². The predicted octanol–water partition coefficient (Wildman–Crippen LogP) is 2.44. The van der Waals surface area contributed by atoms with Crippen molar-refractivity contribution in [2.45, 2.75) is 6.92 Å². The Labute approximate surface area is 119 Å². The fraction of sp³-hybridized carbons (Fsp3) is 0.222. The molecule has 0 aliphatic carbocycles. The van der Waals surface area contributed by atoms with Gasteiger partial charge in [0.2, 0.25) is 10.0 Å². The van der Waals surface area contributed by atoms with Crippen molar-refractivity contribution in [2.24, 2.45) is 5.73 Å². The maximum Gasteiger partial charge on any atom is 0.239 e. The molecule has 0 radical (unpaired) electrons. The number of aryl methyl sites for hydroxylation is 1. The lowest BCUT2D eigenvalue weighted by Gasteiger charge is -2.10. The van der Waals surface area contributed by atoms with Crippen LogP contribution in [0.25, 0.3) is 0 Å². The summed E-state index contributed by atoms with van der Waals surface area (Å²) in [6, 6.07) is 3.25. The minimum Gasteiger partial charge on any atom is -0.392 e. The predicted molar refractivity (Wildman–Crippen MR) is 78.1 cm³/mol. The number of nitrogens with two attached hydrogens (primary N) is 1. The molecule has 0 amide bonds. The van der Waals surface area contributed by atoms with Crippen molar-refractivity contribution in [3.05, 3.63) is 27.2 Å². The standard InChI is InChI=1S/C9H10BrClN2O2S2/c1-5-2-6(10)8(3-7(5)11)13-17(14,15)4-9(12)16/h2-3,13H,4H2,1H3,(H2,12,16). The van der Waals surface area contributed by atoms with Crippen LogP contribution in [0.15, 0.2) is 16.6 Å². The molecule has 0 unspecified atom stereocenters. The van der Waals surface area contributed by atoms with Gasteiger partial charge in [0, 0.05) is 9.50 Å². The minimum absolute atomic E-state index is 0.0909. The second kappa shape index (κ2) is 5.51. The third-order valence-electron chi connectivity index (χ3n) is 1.85. The van der Waals surface area contributed by atoms with E-state index < -0.39 is 15.8 Å². The van der Waals surface area contributed by atoms with Crippen molar-refractivity contribution in [3.8, 4) is 0 Å². The summed E-state index contributed by atoms with van der Waals surface area (Å²) >= 11 is 13.7. The SMILES string of the molecule is Cc1cc(Br)c(NS(=O)(=O)CC(N)=S)cc1Cl. The number of sulfonamides is 1. The fourth-order valence-corrected chi connectivity index (χ4v) is 3.38. The van der Waals surface area contributed by atoms with Crippen molar-refractivity contribution in [3.63, 3.8) is 0 Å². The summed E-state index contributed by atoms with van der Waals surface area (Å²) in [4.78, 5) is -0.0909. The molecule has 4 nitrogen and oxygen atoms in total. The lowest BCUT2D eigenvalue weighted by atomic mass is 10.2. The maximum absolute atomic E-state index is 11.6. The maximum atomic E-state index is 11.6. The largest absolute Gasteiger partial charge is 0.392 e. The Morgan fingerprint density at radius 2 is 2.18 bits per heavy atom. The van der Waals surface area contributed by atoms with Gasteiger partial charge < -0.3 is 5.73 Å². The number of hydrogen-bond donors (Lipinski definition) is 2. The zero-order chi connectivity index (χ0) is 13.2. The Hall–Kier alpha value is -0.370. The molecule has 1 aromatic carbocycles. The zero-order valence-electron chi connectivity index (χ0n) is 8.83. The molecule has 0 bridgehead atoms. The highest BCUT2D eigenvalue weighted by molar-refractivity contribution is 9.10. The number of anilines is 1. The van der Waals surface area contributed by atoms with Crippen molar-refractivity contribution in [2.75, 3.05) is 10.5 Å². The number of benzene rings is 1. The summed E-state index contributed by atoms with van der Waals surface area (Å²) in [5, 5.41) is 0.473. The number of halogens is 2. The third kappa shape index (κ3) is 4.42. The van der Waals surface area contributed by atoms with Crippen molar-refractivity contribution < 1.29 is 8.42 Å². The lowest BCUT2D eigenvalue weighted by molar-refractivity contribution is 0.605. The molecule has 0 aromatic heterocycles. The van der Waals surface area contributed by atoms with E-state index in [-0.39, 0.29) is 4.99 Å². The molecule has 0 saturated carbocycles. The Bertz CT molecular complexity index is 560. The zero-order valence-corrected chi connectivity index (χ0v) is 12.8. The minimum atomic E-state index is -3.59. The molecule has 0 saturated heterocycles. The van der Waals surface area contributed by atoms with Gasteiger partial charge in [0.15, 0.2) is 0 Å². The van der Waals surface area contributed by atoms with E-state index in [0.29, 0.717) is 15.2 Å². The van der Waals surface area contributed by atoms with Crippen LogP contribution in [0.5, 0.6) is 0 Å². The number of rotatable bonds is 4. The number of nitrogens with one attached hydrogen (secondary N) is 1. The Balaban J connectivity index is 3.04. The van der Waals surface area contributed by atoms with E-state index in [1.165, 1.54) is 6.07 Å². The van der Waals surface area contributed by atoms with Crippen LogP contribution in [0.2, 0.25) is 5.02 Å². The Morgan fingerprint density at radius 3 is 2.71 bits per heavy atom. The molecular weight excluding hydrogens is 348 g/mol. The first kappa shape index (κ1) is 14.7. The van der Waals surface area contributed by atoms with E-state index in [9.17, 15) is 8.42 Å². The Morgan fingerprint density at radius 1 is 1.59 bits per heavy atom. The molecule has 94 valence electrons. The van der Waals surface area contributed by atoms with Gasteiger partial charge in [0.25, 0.3) is 0 Å². The quantitative estimate of drug-likeness (QED) is 0.812. The molecule has 1 aromatic rings. The topological polar surface area (TPSA) is 72.2 Å². The molecule has 0 heterocycles. The van der Waals surface area contributed by atoms with Crippen LogP contribution in [0.4, 0.5) is 5.69 Å². The molecule has 8 heteroatoms. The first-order valence-electron chi connectivity index (χ1n) is 4.46. The summed E-state index contributed by atoms with van der Waals surface area (Å²) in [6.07, 6.45) is 0. The highest BCUT2D eigenvalue weighted by Crippen LogP contribution is 2.29. The molecule has 0 spiro atoms. The van der Waals surface area contributed by atoms with E-state index >= 15 is 0 Å². The number of thiocarbonyl (C=S) groups is 1. The summed E-state index contributed by atoms with van der Waals surface area (Å²) in [5.74, 6) is -0.403. The average molecular weight is 358 g/mol. The number of hydrogen-bond acceptors (Lipinski definition) is 3. The molecule has 0 fully saturated rings. The molecule has 3 N–H and O–H groups in total. The molecule has 1 rings (SSSR count). The van der Waals surface area contributed by atoms with Gasteiger partial charge in [0.05, 0.1) is 10.7 Å². The van der Waals surface area contributed by atoms with Crippen LogP contribution in [0.1, 0.15) is 5.56 Å². The summed E-state index contributed by atoms with van der Waals surface area (Å²) < 4.78 is 26.2. The summed E-state index contributed by atoms with van der Waals surface area (Å²) in [6.45, 7) is 1.82. The average Bonchev–Trinajstić information content (AvgIpc) is 2.11. The van der Waals surface area contributed by atoms with Crippen LogP contribution in [0, 0.1) is 6.92 Å². The van der Waals surface area contributed by atoms with Gasteiger partial charge in [0.1, 0.15) is 5.75 Å². The second-order valence-corrected chi connectivity index (χ2v) is 6.92. The van der Waals surface area contributed by atoms with E-state index in [1.807, 2.05) is 6.92 Å². The van der Waals surface area contributed by atoms with E-state index in [4.69, 9.17) is 17.3 Å². The second-order valence-electron chi connectivity index (χ2n) is 3.41. The van der Waals surface area contributed by atoms with Crippen LogP contribution in [0.3, 0.4) is 0 Å². The van der Waals surface area contributed by atoms with Crippen LogP contribution < -0.4 is 10.5 Å². The summed E-state index contributed by atoms with van der Waals surface area (Å²) in [5.41, 5.74) is 6.40. The van der Waals surface area contributed by atoms with Gasteiger partial charge >= 0.3 is 0 Å². The molecule has 0 aliphatic rings. The van der Waals surface area contributed by atoms with Gasteiger partial charge in [-0.2, -0.15) is 0 Å². The van der Waals surface area contributed by atoms with Crippen LogP contribution >= 0.6 is 39.7 Å². The molecular formula is C9H10BrClN2O2S2. The van der Waals surface area contributed by atoms with Crippen LogP contribution in [-0.4, -0.2) is 19.2 Å². The van der Waals surface area contributed by atoms with E-state index in [2.05, 4.69) is 32.9 Å². The van der Waals surface area contributed by atoms with Gasteiger partial charge in [-0.05, 0) is 40.5 Å². The van der Waals surface area contributed by atoms with Gasteiger partial charge in [-0.3, -0.25) is 4.72 Å². The normalized spacial score (nSPS) is 11.2. The highest BCUT2D eigenvalue weighted by atomic mass is 79.9. The Kier molecular flexibility index (Phi) is 4.77. The molecule has 17 heavy (non-hydrogen) atoms. The molecule has 0 aliphatic heterocycles. The monoisotopic (exact) mass is 356 g/mol. The third-order valence-corrected chi connectivity index (χ3v) is 4.46. The fourth-order valence-electron chi connectivity index (χ4n) is 1.12.